The van der Waals surface area contributed by atoms with Crippen LogP contribution in [-0.2, 0) is 11.3 Å². The number of pyridine rings is 1. The number of hydrogen-bond donors (Lipinski definition) is 2. The lowest BCUT2D eigenvalue weighted by atomic mass is 10.2. The topological polar surface area (TPSA) is 89.6 Å². The Balaban J connectivity index is 1.82. The number of anilines is 1. The summed E-state index contributed by atoms with van der Waals surface area (Å²) < 4.78 is 10.2. The number of carbonyl (C=O) groups is 2. The van der Waals surface area contributed by atoms with E-state index in [-0.39, 0.29) is 12.6 Å². The number of amides is 2. The normalized spacial score (nSPS) is 10.1. The van der Waals surface area contributed by atoms with Crippen molar-refractivity contribution < 1.29 is 19.1 Å². The van der Waals surface area contributed by atoms with Crippen LogP contribution < -0.4 is 15.4 Å². The van der Waals surface area contributed by atoms with Crippen molar-refractivity contribution in [2.75, 3.05) is 19.0 Å². The van der Waals surface area contributed by atoms with E-state index in [0.29, 0.717) is 23.6 Å². The predicted octanol–water partition coefficient (Wildman–Crippen LogP) is 3.37. The maximum atomic E-state index is 12.0. The number of nitrogens with zero attached hydrogens (tertiary/aromatic N) is 1. The molecule has 0 unspecified atom stereocenters. The fraction of sp³-hybridized carbons (Fsp3) is 0.316. The highest BCUT2D eigenvalue weighted by Gasteiger charge is 2.08. The van der Waals surface area contributed by atoms with Crippen LogP contribution in [0, 0.1) is 0 Å². The molecule has 0 aliphatic carbocycles. The van der Waals surface area contributed by atoms with Crippen molar-refractivity contribution in [2.45, 2.75) is 26.3 Å². The maximum absolute atomic E-state index is 12.0. The molecule has 0 saturated heterocycles. The first-order valence-corrected chi connectivity index (χ1v) is 8.43. The van der Waals surface area contributed by atoms with Crippen molar-refractivity contribution in [3.8, 4) is 5.75 Å². The van der Waals surface area contributed by atoms with Crippen LogP contribution in [0.1, 0.15) is 35.8 Å². The van der Waals surface area contributed by atoms with Crippen molar-refractivity contribution in [2.24, 2.45) is 0 Å². The van der Waals surface area contributed by atoms with Gasteiger partial charge in [0.1, 0.15) is 5.75 Å². The lowest BCUT2D eigenvalue weighted by molar-refractivity contribution is 0.0600. The molecule has 7 heteroatoms. The summed E-state index contributed by atoms with van der Waals surface area (Å²) in [7, 11) is 1.31. The summed E-state index contributed by atoms with van der Waals surface area (Å²) in [4.78, 5) is 27.6. The van der Waals surface area contributed by atoms with Crippen LogP contribution in [0.15, 0.2) is 42.6 Å². The quantitative estimate of drug-likeness (QED) is 0.558. The van der Waals surface area contributed by atoms with E-state index in [1.165, 1.54) is 13.3 Å². The monoisotopic (exact) mass is 357 g/mol. The van der Waals surface area contributed by atoms with Gasteiger partial charge in [0.15, 0.2) is 0 Å². The molecule has 0 radical (unpaired) electrons. The van der Waals surface area contributed by atoms with Gasteiger partial charge in [0.25, 0.3) is 0 Å². The van der Waals surface area contributed by atoms with Crippen molar-refractivity contribution >= 4 is 17.7 Å². The molecule has 1 heterocycles. The molecule has 1 aromatic carbocycles. The Bertz CT molecular complexity index is 732. The average molecular weight is 357 g/mol. The standard InChI is InChI=1S/C19H23N3O4/c1-3-4-11-26-17-7-5-15(6-8-17)22-19(24)21-13-16-12-14(9-10-20-16)18(23)25-2/h5-10,12H,3-4,11,13H2,1-2H3,(H2,21,22,24). The number of benzene rings is 1. The number of carbonyl (C=O) groups excluding carboxylic acids is 2. The zero-order valence-corrected chi connectivity index (χ0v) is 15.0. The Hall–Kier alpha value is -3.09. The molecule has 0 atom stereocenters. The van der Waals surface area contributed by atoms with Crippen molar-refractivity contribution in [1.29, 1.82) is 0 Å². The smallest absolute Gasteiger partial charge is 0.337 e. The lowest BCUT2D eigenvalue weighted by Gasteiger charge is -2.09. The first kappa shape index (κ1) is 19.2. The minimum Gasteiger partial charge on any atom is -0.494 e. The van der Waals surface area contributed by atoms with Crippen LogP contribution in [0.5, 0.6) is 5.75 Å². The Labute approximate surface area is 152 Å². The molecule has 2 amide bonds. The summed E-state index contributed by atoms with van der Waals surface area (Å²) in [6.45, 7) is 2.98. The molecule has 26 heavy (non-hydrogen) atoms. The molecule has 0 fully saturated rings. The van der Waals surface area contributed by atoms with Gasteiger partial charge in [-0.15, -0.1) is 0 Å². The number of rotatable bonds is 8. The van der Waals surface area contributed by atoms with E-state index in [9.17, 15) is 9.59 Å². The molecule has 0 bridgehead atoms. The number of ether oxygens (including phenoxy) is 2. The second-order valence-electron chi connectivity index (χ2n) is 5.56. The van der Waals surface area contributed by atoms with Gasteiger partial charge < -0.3 is 20.1 Å². The molecule has 1 aromatic heterocycles. The van der Waals surface area contributed by atoms with Crippen molar-refractivity contribution in [3.05, 3.63) is 53.9 Å². The second kappa shape index (κ2) is 10.0. The highest BCUT2D eigenvalue weighted by molar-refractivity contribution is 5.90. The number of unbranched alkanes of at least 4 members (excludes halogenated alkanes) is 1. The van der Waals surface area contributed by atoms with Crippen LogP contribution >= 0.6 is 0 Å². The van der Waals surface area contributed by atoms with Gasteiger partial charge in [-0.2, -0.15) is 0 Å². The Morgan fingerprint density at radius 1 is 1.15 bits per heavy atom. The van der Waals surface area contributed by atoms with Crippen LogP contribution in [0.25, 0.3) is 0 Å². The first-order chi connectivity index (χ1) is 12.6. The van der Waals surface area contributed by atoms with E-state index in [1.54, 1.807) is 24.3 Å². The van der Waals surface area contributed by atoms with Gasteiger partial charge in [-0.1, -0.05) is 13.3 Å². The van der Waals surface area contributed by atoms with Gasteiger partial charge in [-0.3, -0.25) is 4.98 Å². The maximum Gasteiger partial charge on any atom is 0.337 e. The third-order valence-corrected chi connectivity index (χ3v) is 3.55. The van der Waals surface area contributed by atoms with E-state index < -0.39 is 5.97 Å². The third-order valence-electron chi connectivity index (χ3n) is 3.55. The third kappa shape index (κ3) is 6.08. The van der Waals surface area contributed by atoms with E-state index in [4.69, 9.17) is 4.74 Å². The van der Waals surface area contributed by atoms with Gasteiger partial charge >= 0.3 is 12.0 Å². The molecule has 0 aliphatic heterocycles. The van der Waals surface area contributed by atoms with Gasteiger partial charge in [0, 0.05) is 11.9 Å². The average Bonchev–Trinajstić information content (AvgIpc) is 2.67. The summed E-state index contributed by atoms with van der Waals surface area (Å²) in [5, 5.41) is 5.42. The van der Waals surface area contributed by atoms with E-state index >= 15 is 0 Å². The minimum absolute atomic E-state index is 0.189. The molecular weight excluding hydrogens is 334 g/mol. The fourth-order valence-corrected chi connectivity index (χ4v) is 2.13. The van der Waals surface area contributed by atoms with Gasteiger partial charge in [0.2, 0.25) is 0 Å². The van der Waals surface area contributed by atoms with E-state index in [1.807, 2.05) is 12.1 Å². The number of hydrogen-bond acceptors (Lipinski definition) is 5. The van der Waals surface area contributed by atoms with E-state index in [0.717, 1.165) is 18.6 Å². The number of esters is 1. The summed E-state index contributed by atoms with van der Waals surface area (Å²) in [5.74, 6) is 0.326. The van der Waals surface area contributed by atoms with Crippen LogP contribution in [0.4, 0.5) is 10.5 Å². The molecule has 2 aromatic rings. The zero-order chi connectivity index (χ0) is 18.8. The van der Waals surface area contributed by atoms with Gasteiger partial charge in [-0.25, -0.2) is 9.59 Å². The largest absolute Gasteiger partial charge is 0.494 e. The molecular formula is C19H23N3O4. The first-order valence-electron chi connectivity index (χ1n) is 8.43. The van der Waals surface area contributed by atoms with Crippen LogP contribution in [-0.4, -0.2) is 30.7 Å². The van der Waals surface area contributed by atoms with Crippen LogP contribution in [0.2, 0.25) is 0 Å². The van der Waals surface area contributed by atoms with Crippen LogP contribution in [0.3, 0.4) is 0 Å². The Morgan fingerprint density at radius 2 is 1.92 bits per heavy atom. The molecule has 2 N–H and O–H groups in total. The highest BCUT2D eigenvalue weighted by Crippen LogP contribution is 2.16. The number of nitrogens with one attached hydrogen (secondary N) is 2. The van der Waals surface area contributed by atoms with E-state index in [2.05, 4.69) is 27.3 Å². The molecule has 7 nitrogen and oxygen atoms in total. The summed E-state index contributed by atoms with van der Waals surface area (Å²) >= 11 is 0. The molecule has 2 rings (SSSR count). The molecule has 0 saturated carbocycles. The molecule has 138 valence electrons. The van der Waals surface area contributed by atoms with Crippen molar-refractivity contribution in [3.63, 3.8) is 0 Å². The highest BCUT2D eigenvalue weighted by atomic mass is 16.5. The molecule has 0 spiro atoms. The molecule has 0 aliphatic rings. The SMILES string of the molecule is CCCCOc1ccc(NC(=O)NCc2cc(C(=O)OC)ccn2)cc1. The van der Waals surface area contributed by atoms with Gasteiger partial charge in [-0.05, 0) is 42.8 Å². The number of urea groups is 1. The van der Waals surface area contributed by atoms with Crippen molar-refractivity contribution in [1.82, 2.24) is 10.3 Å². The number of aromatic nitrogens is 1. The Kier molecular flexibility index (Phi) is 7.42. The summed E-state index contributed by atoms with van der Waals surface area (Å²) in [6.07, 6.45) is 3.59. The van der Waals surface area contributed by atoms with Gasteiger partial charge in [0.05, 0.1) is 31.5 Å². The summed E-state index contributed by atoms with van der Waals surface area (Å²) in [5.41, 5.74) is 1.60. The zero-order valence-electron chi connectivity index (χ0n) is 15.0. The predicted molar refractivity (Wildman–Crippen MR) is 98.3 cm³/mol. The Morgan fingerprint density at radius 3 is 2.62 bits per heavy atom. The fourth-order valence-electron chi connectivity index (χ4n) is 2.13. The second-order valence-corrected chi connectivity index (χ2v) is 5.56. The number of methoxy groups -OCH3 is 1. The minimum atomic E-state index is -0.445. The summed E-state index contributed by atoms with van der Waals surface area (Å²) in [6, 6.07) is 9.94. The lowest BCUT2D eigenvalue weighted by Crippen LogP contribution is -2.28.